The van der Waals surface area contributed by atoms with Crippen LogP contribution in [0.2, 0.25) is 0 Å². The van der Waals surface area contributed by atoms with Crippen molar-refractivity contribution in [3.63, 3.8) is 0 Å². The van der Waals surface area contributed by atoms with Crippen LogP contribution in [0.4, 0.5) is 5.69 Å². The van der Waals surface area contributed by atoms with Gasteiger partial charge in [0.1, 0.15) is 11.5 Å². The fourth-order valence-electron chi connectivity index (χ4n) is 1.81. The van der Waals surface area contributed by atoms with Gasteiger partial charge < -0.3 is 20.5 Å². The summed E-state index contributed by atoms with van der Waals surface area (Å²) < 4.78 is 10.9. The molecule has 5 nitrogen and oxygen atoms in total. The van der Waals surface area contributed by atoms with Gasteiger partial charge >= 0.3 is 0 Å². The third-order valence-corrected chi connectivity index (χ3v) is 2.76. The molecule has 0 fully saturated rings. The maximum Gasteiger partial charge on any atom is 0.241 e. The summed E-state index contributed by atoms with van der Waals surface area (Å²) in [5, 5.41) is 2.81. The molecule has 0 bridgehead atoms. The second kappa shape index (κ2) is 8.43. The second-order valence-corrected chi connectivity index (χ2v) is 4.41. The van der Waals surface area contributed by atoms with Crippen LogP contribution in [0.3, 0.4) is 0 Å². The molecule has 0 unspecified atom stereocenters. The highest BCUT2D eigenvalue weighted by Gasteiger charge is 2.15. The highest BCUT2D eigenvalue weighted by molar-refractivity contribution is 5.96. The first-order valence-electron chi connectivity index (χ1n) is 7.08. The number of hydrogen-bond acceptors (Lipinski definition) is 4. The molecule has 0 saturated carbocycles. The molecular formula is C15H24N2O3. The van der Waals surface area contributed by atoms with E-state index in [2.05, 4.69) is 5.32 Å². The van der Waals surface area contributed by atoms with Gasteiger partial charge in [0.25, 0.3) is 0 Å². The number of anilines is 1. The number of carbonyl (C=O) groups is 1. The van der Waals surface area contributed by atoms with E-state index in [4.69, 9.17) is 15.2 Å². The van der Waals surface area contributed by atoms with Crippen molar-refractivity contribution >= 4 is 11.6 Å². The third kappa shape index (κ3) is 4.74. The number of hydrogen-bond donors (Lipinski definition) is 2. The monoisotopic (exact) mass is 280 g/mol. The van der Waals surface area contributed by atoms with Gasteiger partial charge in [0, 0.05) is 6.07 Å². The summed E-state index contributed by atoms with van der Waals surface area (Å²) in [5.74, 6) is 1.10. The van der Waals surface area contributed by atoms with Gasteiger partial charge in [-0.3, -0.25) is 4.79 Å². The van der Waals surface area contributed by atoms with Crippen molar-refractivity contribution in [2.75, 3.05) is 18.5 Å². The minimum atomic E-state index is -0.509. The molecule has 0 heterocycles. The van der Waals surface area contributed by atoms with Gasteiger partial charge in [0.2, 0.25) is 5.91 Å². The number of nitrogens with one attached hydrogen (secondary N) is 1. The third-order valence-electron chi connectivity index (χ3n) is 2.76. The Bertz CT molecular complexity index is 435. The lowest BCUT2D eigenvalue weighted by Gasteiger charge is -2.15. The lowest BCUT2D eigenvalue weighted by atomic mass is 10.1. The molecule has 5 heteroatoms. The van der Waals surface area contributed by atoms with E-state index in [0.717, 1.165) is 6.42 Å². The Morgan fingerprint density at radius 2 is 1.95 bits per heavy atom. The molecule has 1 rings (SSSR count). The summed E-state index contributed by atoms with van der Waals surface area (Å²) in [7, 11) is 0. The van der Waals surface area contributed by atoms with Crippen LogP contribution in [0.15, 0.2) is 18.2 Å². The van der Waals surface area contributed by atoms with Crippen LogP contribution in [0.1, 0.15) is 33.6 Å². The summed E-state index contributed by atoms with van der Waals surface area (Å²) in [4.78, 5) is 12.0. The van der Waals surface area contributed by atoms with Crippen molar-refractivity contribution in [2.24, 2.45) is 5.73 Å². The van der Waals surface area contributed by atoms with Crippen LogP contribution in [-0.4, -0.2) is 25.2 Å². The predicted molar refractivity (Wildman–Crippen MR) is 80.3 cm³/mol. The molecule has 20 heavy (non-hydrogen) atoms. The molecule has 0 aliphatic rings. The van der Waals surface area contributed by atoms with Gasteiger partial charge in [0.05, 0.1) is 24.9 Å². The number of ether oxygens (including phenoxy) is 2. The van der Waals surface area contributed by atoms with Crippen molar-refractivity contribution < 1.29 is 14.3 Å². The van der Waals surface area contributed by atoms with Crippen LogP contribution < -0.4 is 20.5 Å². The van der Waals surface area contributed by atoms with Gasteiger partial charge in [-0.25, -0.2) is 0 Å². The number of amides is 1. The highest BCUT2D eigenvalue weighted by Crippen LogP contribution is 2.29. The molecule has 0 aromatic heterocycles. The molecule has 1 amide bonds. The average Bonchev–Trinajstić information content (AvgIpc) is 2.42. The Morgan fingerprint density at radius 1 is 1.25 bits per heavy atom. The highest BCUT2D eigenvalue weighted by atomic mass is 16.5. The molecule has 1 aromatic carbocycles. The van der Waals surface area contributed by atoms with Gasteiger partial charge in [-0.2, -0.15) is 0 Å². The molecule has 0 radical (unpaired) electrons. The molecule has 0 aliphatic carbocycles. The molecule has 112 valence electrons. The van der Waals surface area contributed by atoms with Gasteiger partial charge in [-0.15, -0.1) is 0 Å². The molecule has 1 atom stereocenters. The SMILES string of the molecule is CCC[C@@H](N)C(=O)Nc1cc(OCC)ccc1OCC. The minimum Gasteiger partial charge on any atom is -0.494 e. The standard InChI is InChI=1S/C15H24N2O3/c1-4-7-12(16)15(18)17-13-10-11(19-5-2)8-9-14(13)20-6-3/h8-10,12H,4-7,16H2,1-3H3,(H,17,18)/t12-/m1/s1. The average molecular weight is 280 g/mol. The summed E-state index contributed by atoms with van der Waals surface area (Å²) in [6.45, 7) is 6.89. The zero-order chi connectivity index (χ0) is 15.0. The minimum absolute atomic E-state index is 0.207. The Labute approximate surface area is 120 Å². The molecule has 1 aromatic rings. The van der Waals surface area contributed by atoms with Crippen molar-refractivity contribution in [2.45, 2.75) is 39.7 Å². The number of nitrogens with two attached hydrogens (primary N) is 1. The summed E-state index contributed by atoms with van der Waals surface area (Å²) in [6, 6.07) is 4.85. The van der Waals surface area contributed by atoms with Crippen LogP contribution >= 0.6 is 0 Å². The normalized spacial score (nSPS) is 11.8. The number of rotatable bonds is 8. The molecule has 0 aliphatic heterocycles. The molecule has 0 saturated heterocycles. The van der Waals surface area contributed by atoms with Crippen molar-refractivity contribution in [1.29, 1.82) is 0 Å². The Kier molecular flexibility index (Phi) is 6.87. The first-order valence-corrected chi connectivity index (χ1v) is 7.08. The van der Waals surface area contributed by atoms with Gasteiger partial charge in [-0.1, -0.05) is 13.3 Å². The number of benzene rings is 1. The molecule has 3 N–H and O–H groups in total. The van der Waals surface area contributed by atoms with E-state index in [1.165, 1.54) is 0 Å². The summed E-state index contributed by atoms with van der Waals surface area (Å²) in [5.41, 5.74) is 6.40. The van der Waals surface area contributed by atoms with E-state index in [0.29, 0.717) is 36.8 Å². The van der Waals surface area contributed by atoms with Crippen LogP contribution in [0.5, 0.6) is 11.5 Å². The van der Waals surface area contributed by atoms with Crippen LogP contribution in [-0.2, 0) is 4.79 Å². The zero-order valence-corrected chi connectivity index (χ0v) is 12.4. The fourth-order valence-corrected chi connectivity index (χ4v) is 1.81. The second-order valence-electron chi connectivity index (χ2n) is 4.41. The first kappa shape index (κ1) is 16.3. The Balaban J connectivity index is 2.88. The van der Waals surface area contributed by atoms with E-state index in [-0.39, 0.29) is 5.91 Å². The zero-order valence-electron chi connectivity index (χ0n) is 12.4. The van der Waals surface area contributed by atoms with E-state index in [9.17, 15) is 4.79 Å². The predicted octanol–water partition coefficient (Wildman–Crippen LogP) is 2.55. The Morgan fingerprint density at radius 3 is 2.55 bits per heavy atom. The van der Waals surface area contributed by atoms with Crippen LogP contribution in [0.25, 0.3) is 0 Å². The largest absolute Gasteiger partial charge is 0.494 e. The lowest BCUT2D eigenvalue weighted by molar-refractivity contribution is -0.117. The van der Waals surface area contributed by atoms with Crippen LogP contribution in [0, 0.1) is 0 Å². The quantitative estimate of drug-likeness (QED) is 0.767. The summed E-state index contributed by atoms with van der Waals surface area (Å²) >= 11 is 0. The molecular weight excluding hydrogens is 256 g/mol. The van der Waals surface area contributed by atoms with Crippen molar-refractivity contribution in [3.8, 4) is 11.5 Å². The fraction of sp³-hybridized carbons (Fsp3) is 0.533. The summed E-state index contributed by atoms with van der Waals surface area (Å²) in [6.07, 6.45) is 1.52. The van der Waals surface area contributed by atoms with E-state index in [1.807, 2.05) is 26.8 Å². The maximum absolute atomic E-state index is 12.0. The van der Waals surface area contributed by atoms with Crippen molar-refractivity contribution in [1.82, 2.24) is 0 Å². The number of carbonyl (C=O) groups excluding carboxylic acids is 1. The lowest BCUT2D eigenvalue weighted by Crippen LogP contribution is -2.35. The Hall–Kier alpha value is -1.75. The van der Waals surface area contributed by atoms with E-state index in [1.54, 1.807) is 12.1 Å². The van der Waals surface area contributed by atoms with E-state index < -0.39 is 6.04 Å². The molecule has 0 spiro atoms. The first-order chi connectivity index (χ1) is 9.62. The topological polar surface area (TPSA) is 73.6 Å². The van der Waals surface area contributed by atoms with Gasteiger partial charge in [0.15, 0.2) is 0 Å². The van der Waals surface area contributed by atoms with Crippen molar-refractivity contribution in [3.05, 3.63) is 18.2 Å². The van der Waals surface area contributed by atoms with Gasteiger partial charge in [-0.05, 0) is 32.4 Å². The van der Waals surface area contributed by atoms with E-state index >= 15 is 0 Å². The maximum atomic E-state index is 12.0. The smallest absolute Gasteiger partial charge is 0.241 e.